The van der Waals surface area contributed by atoms with E-state index in [9.17, 15) is 0 Å². The summed E-state index contributed by atoms with van der Waals surface area (Å²) < 4.78 is 2.12. The summed E-state index contributed by atoms with van der Waals surface area (Å²) in [5.41, 5.74) is 2.76. The molecule has 0 spiro atoms. The third-order valence-electron chi connectivity index (χ3n) is 1.87. The summed E-state index contributed by atoms with van der Waals surface area (Å²) in [6, 6.07) is 0. The van der Waals surface area contributed by atoms with Crippen LogP contribution in [-0.4, -0.2) is 9.55 Å². The predicted octanol–water partition coefficient (Wildman–Crippen LogP) is 3.15. The van der Waals surface area contributed by atoms with E-state index >= 15 is 0 Å². The molecule has 0 fully saturated rings. The fraction of sp³-hybridized carbons (Fsp3) is 0.500. The largest absolute Gasteiger partial charge is 0.331 e. The Hall–Kier alpha value is -0.760. The van der Waals surface area contributed by atoms with Gasteiger partial charge in [0.2, 0.25) is 0 Å². The van der Waals surface area contributed by atoms with E-state index in [0.29, 0.717) is 5.92 Å². The molecule has 0 aliphatic heterocycles. The third-order valence-corrected chi connectivity index (χ3v) is 2.24. The van der Waals surface area contributed by atoms with Gasteiger partial charge in [-0.25, -0.2) is 4.98 Å². The van der Waals surface area contributed by atoms with Gasteiger partial charge in [-0.15, -0.1) is 0 Å². The van der Waals surface area contributed by atoms with Gasteiger partial charge in [0, 0.05) is 30.4 Å². The van der Waals surface area contributed by atoms with Crippen LogP contribution in [0.4, 0.5) is 0 Å². The molecule has 0 amide bonds. The normalized spacial score (nSPS) is 12.5. The summed E-state index contributed by atoms with van der Waals surface area (Å²) in [6.45, 7) is 7.12. The monoisotopic (exact) mass is 198 g/mol. The van der Waals surface area contributed by atoms with E-state index in [-0.39, 0.29) is 0 Å². The Balaban J connectivity index is 2.82. The van der Waals surface area contributed by atoms with Crippen molar-refractivity contribution in [2.24, 2.45) is 0 Å². The Bertz CT molecular complexity index is 300. The Morgan fingerprint density at radius 1 is 1.69 bits per heavy atom. The molecule has 0 aliphatic rings. The third kappa shape index (κ3) is 2.59. The van der Waals surface area contributed by atoms with Gasteiger partial charge in [0.25, 0.3) is 0 Å². The molecule has 0 saturated heterocycles. The van der Waals surface area contributed by atoms with Gasteiger partial charge in [-0.05, 0) is 12.5 Å². The standard InChI is InChI=1S/C10H15ClN2/c1-8(2)10-12-4-5-13(10)7-9(3)6-11/h4-6,8H,7H2,1-3H3/b9-6+. The van der Waals surface area contributed by atoms with Gasteiger partial charge >= 0.3 is 0 Å². The van der Waals surface area contributed by atoms with Crippen LogP contribution in [0.3, 0.4) is 0 Å². The van der Waals surface area contributed by atoms with Gasteiger partial charge in [-0.3, -0.25) is 0 Å². The molecule has 1 aromatic heterocycles. The van der Waals surface area contributed by atoms with E-state index in [2.05, 4.69) is 23.4 Å². The highest BCUT2D eigenvalue weighted by Gasteiger charge is 2.06. The summed E-state index contributed by atoms with van der Waals surface area (Å²) in [7, 11) is 0. The lowest BCUT2D eigenvalue weighted by Crippen LogP contribution is -2.05. The first-order valence-electron chi connectivity index (χ1n) is 4.42. The minimum Gasteiger partial charge on any atom is -0.331 e. The zero-order chi connectivity index (χ0) is 9.84. The van der Waals surface area contributed by atoms with Crippen molar-refractivity contribution < 1.29 is 0 Å². The van der Waals surface area contributed by atoms with Crippen LogP contribution in [0.2, 0.25) is 0 Å². The quantitative estimate of drug-likeness (QED) is 0.730. The molecule has 0 radical (unpaired) electrons. The SMILES string of the molecule is C/C(=C\Cl)Cn1ccnc1C(C)C. The highest BCUT2D eigenvalue weighted by atomic mass is 35.5. The van der Waals surface area contributed by atoms with Crippen LogP contribution in [-0.2, 0) is 6.54 Å². The minimum absolute atomic E-state index is 0.457. The summed E-state index contributed by atoms with van der Waals surface area (Å²) >= 11 is 5.61. The van der Waals surface area contributed by atoms with Crippen LogP contribution in [0.5, 0.6) is 0 Å². The molecule has 0 aromatic carbocycles. The number of hydrogen-bond donors (Lipinski definition) is 0. The Morgan fingerprint density at radius 2 is 2.38 bits per heavy atom. The van der Waals surface area contributed by atoms with Gasteiger partial charge < -0.3 is 4.57 Å². The minimum atomic E-state index is 0.457. The van der Waals surface area contributed by atoms with Crippen molar-refractivity contribution in [3.8, 4) is 0 Å². The Morgan fingerprint density at radius 3 is 2.92 bits per heavy atom. The zero-order valence-corrected chi connectivity index (χ0v) is 9.04. The number of hydrogen-bond acceptors (Lipinski definition) is 1. The predicted molar refractivity (Wildman–Crippen MR) is 55.9 cm³/mol. The molecule has 0 bridgehead atoms. The molecule has 1 rings (SSSR count). The molecule has 1 aromatic rings. The Kier molecular flexibility index (Phi) is 3.55. The van der Waals surface area contributed by atoms with E-state index in [4.69, 9.17) is 11.6 Å². The molecular weight excluding hydrogens is 184 g/mol. The molecule has 3 heteroatoms. The van der Waals surface area contributed by atoms with Crippen LogP contribution in [0.15, 0.2) is 23.5 Å². The fourth-order valence-electron chi connectivity index (χ4n) is 1.26. The van der Waals surface area contributed by atoms with Crippen molar-refractivity contribution in [3.63, 3.8) is 0 Å². The molecular formula is C10H15ClN2. The van der Waals surface area contributed by atoms with Gasteiger partial charge in [0.15, 0.2) is 0 Å². The van der Waals surface area contributed by atoms with Crippen molar-refractivity contribution in [3.05, 3.63) is 29.3 Å². The summed E-state index contributed by atoms with van der Waals surface area (Å²) in [4.78, 5) is 4.30. The van der Waals surface area contributed by atoms with Crippen molar-refractivity contribution in [2.45, 2.75) is 33.2 Å². The number of rotatable bonds is 3. The topological polar surface area (TPSA) is 17.8 Å². The maximum atomic E-state index is 5.61. The first-order valence-corrected chi connectivity index (χ1v) is 4.85. The molecule has 72 valence electrons. The maximum Gasteiger partial charge on any atom is 0.111 e. The van der Waals surface area contributed by atoms with Gasteiger partial charge in [-0.1, -0.05) is 25.4 Å². The lowest BCUT2D eigenvalue weighted by molar-refractivity contribution is 0.664. The van der Waals surface area contributed by atoms with Crippen LogP contribution in [0.1, 0.15) is 32.5 Å². The van der Waals surface area contributed by atoms with Crippen molar-refractivity contribution in [1.29, 1.82) is 0 Å². The maximum absolute atomic E-state index is 5.61. The van der Waals surface area contributed by atoms with Crippen LogP contribution < -0.4 is 0 Å². The van der Waals surface area contributed by atoms with Gasteiger partial charge in [0.05, 0.1) is 0 Å². The van der Waals surface area contributed by atoms with E-state index in [1.54, 1.807) is 5.54 Å². The van der Waals surface area contributed by atoms with Crippen molar-refractivity contribution in [1.82, 2.24) is 9.55 Å². The number of nitrogens with zero attached hydrogens (tertiary/aromatic N) is 2. The lowest BCUT2D eigenvalue weighted by atomic mass is 10.2. The fourth-order valence-corrected chi connectivity index (χ4v) is 1.33. The summed E-state index contributed by atoms with van der Waals surface area (Å²) in [6.07, 6.45) is 3.82. The summed E-state index contributed by atoms with van der Waals surface area (Å²) in [5, 5.41) is 0. The molecule has 0 unspecified atom stereocenters. The molecule has 1 heterocycles. The average Bonchev–Trinajstić information content (AvgIpc) is 2.52. The second kappa shape index (κ2) is 4.47. The zero-order valence-electron chi connectivity index (χ0n) is 8.29. The highest BCUT2D eigenvalue weighted by molar-refractivity contribution is 6.25. The van der Waals surface area contributed by atoms with E-state index < -0.39 is 0 Å². The van der Waals surface area contributed by atoms with Gasteiger partial charge in [-0.2, -0.15) is 0 Å². The second-order valence-electron chi connectivity index (χ2n) is 3.52. The van der Waals surface area contributed by atoms with E-state index in [1.807, 2.05) is 19.3 Å². The lowest BCUT2D eigenvalue weighted by Gasteiger charge is -2.09. The van der Waals surface area contributed by atoms with E-state index in [1.165, 1.54) is 0 Å². The van der Waals surface area contributed by atoms with Gasteiger partial charge in [0.1, 0.15) is 5.82 Å². The summed E-state index contributed by atoms with van der Waals surface area (Å²) in [5.74, 6) is 1.57. The van der Waals surface area contributed by atoms with Crippen LogP contribution in [0.25, 0.3) is 0 Å². The molecule has 13 heavy (non-hydrogen) atoms. The molecule has 0 aliphatic carbocycles. The van der Waals surface area contributed by atoms with Crippen molar-refractivity contribution >= 4 is 11.6 Å². The molecule has 0 N–H and O–H groups in total. The molecule has 0 atom stereocenters. The van der Waals surface area contributed by atoms with Crippen LogP contribution >= 0.6 is 11.6 Å². The Labute approximate surface area is 84.2 Å². The average molecular weight is 199 g/mol. The first kappa shape index (κ1) is 10.3. The first-order chi connectivity index (χ1) is 6.15. The number of imidazole rings is 1. The molecule has 2 nitrogen and oxygen atoms in total. The van der Waals surface area contributed by atoms with Crippen molar-refractivity contribution in [2.75, 3.05) is 0 Å². The second-order valence-corrected chi connectivity index (χ2v) is 3.74. The number of halogens is 1. The van der Waals surface area contributed by atoms with Crippen LogP contribution in [0, 0.1) is 0 Å². The molecule has 0 saturated carbocycles. The number of aromatic nitrogens is 2. The highest BCUT2D eigenvalue weighted by Crippen LogP contribution is 2.13. The number of allylic oxidation sites excluding steroid dienone is 1. The smallest absolute Gasteiger partial charge is 0.111 e. The van der Waals surface area contributed by atoms with E-state index in [0.717, 1.165) is 17.9 Å².